The van der Waals surface area contributed by atoms with Crippen LogP contribution >= 0.6 is 23.7 Å². The number of aliphatic hydroxyl groups is 1. The van der Waals surface area contributed by atoms with Crippen molar-refractivity contribution in [3.05, 3.63) is 34.7 Å². The van der Waals surface area contributed by atoms with Gasteiger partial charge < -0.3 is 14.7 Å². The number of rotatable bonds is 8. The van der Waals surface area contributed by atoms with E-state index in [-0.39, 0.29) is 12.4 Å². The van der Waals surface area contributed by atoms with Crippen molar-refractivity contribution < 1.29 is 9.84 Å². The molecule has 1 N–H and O–H groups in total. The van der Waals surface area contributed by atoms with Gasteiger partial charge in [-0.1, -0.05) is 13.8 Å². The van der Waals surface area contributed by atoms with E-state index in [1.807, 2.05) is 6.92 Å². The van der Waals surface area contributed by atoms with E-state index in [4.69, 9.17) is 4.74 Å². The summed E-state index contributed by atoms with van der Waals surface area (Å²) in [5.41, 5.74) is 2.11. The number of nitrogens with zero attached hydrogens (tertiary/aromatic N) is 1. The first-order chi connectivity index (χ1) is 10.2. The number of aryl methyl sites for hydroxylation is 1. The summed E-state index contributed by atoms with van der Waals surface area (Å²) in [5.74, 6) is 0. The van der Waals surface area contributed by atoms with Gasteiger partial charge in [0.05, 0.1) is 13.2 Å². The van der Waals surface area contributed by atoms with Crippen molar-refractivity contribution in [2.75, 3.05) is 32.8 Å². The number of halogens is 1. The van der Waals surface area contributed by atoms with Gasteiger partial charge in [-0.05, 0) is 60.1 Å². The molecule has 0 aliphatic rings. The lowest BCUT2D eigenvalue weighted by Gasteiger charge is -2.19. The zero-order valence-corrected chi connectivity index (χ0v) is 15.2. The van der Waals surface area contributed by atoms with Crippen LogP contribution in [-0.4, -0.2) is 42.9 Å². The van der Waals surface area contributed by atoms with Crippen LogP contribution in [0.2, 0.25) is 0 Å². The molecule has 0 saturated heterocycles. The second-order valence-electron chi connectivity index (χ2n) is 5.28. The number of thiophene rings is 1. The quantitative estimate of drug-likeness (QED) is 0.735. The number of hydrogen-bond acceptors (Lipinski definition) is 4. The van der Waals surface area contributed by atoms with Crippen LogP contribution in [0.15, 0.2) is 23.6 Å². The lowest BCUT2D eigenvalue weighted by Crippen LogP contribution is -2.27. The summed E-state index contributed by atoms with van der Waals surface area (Å²) >= 11 is 1.73. The Balaban J connectivity index is 0.00000242. The van der Waals surface area contributed by atoms with Gasteiger partial charge in [0.2, 0.25) is 0 Å². The Labute approximate surface area is 143 Å². The number of ether oxygens (including phenoxy) is 1. The molecule has 5 heteroatoms. The molecule has 0 radical (unpaired) electrons. The highest BCUT2D eigenvalue weighted by molar-refractivity contribution is 7.17. The molecule has 124 valence electrons. The molecule has 1 atom stereocenters. The SMILES string of the molecule is CCN(CC)CCOCC(O)c1cc2ccsc2cc1C.Cl. The highest BCUT2D eigenvalue weighted by Gasteiger charge is 2.12. The minimum atomic E-state index is -0.550. The van der Waals surface area contributed by atoms with Crippen molar-refractivity contribution in [2.24, 2.45) is 0 Å². The van der Waals surface area contributed by atoms with Crippen molar-refractivity contribution in [3.63, 3.8) is 0 Å². The predicted molar refractivity (Wildman–Crippen MR) is 97.4 cm³/mol. The molecule has 1 aromatic heterocycles. The minimum Gasteiger partial charge on any atom is -0.386 e. The van der Waals surface area contributed by atoms with E-state index in [0.717, 1.165) is 30.8 Å². The molecule has 0 saturated carbocycles. The van der Waals surface area contributed by atoms with Gasteiger partial charge in [-0.3, -0.25) is 0 Å². The van der Waals surface area contributed by atoms with Gasteiger partial charge in [0.1, 0.15) is 6.10 Å². The second kappa shape index (κ2) is 9.48. The predicted octanol–water partition coefficient (Wildman–Crippen LogP) is 4.02. The third-order valence-corrected chi connectivity index (χ3v) is 4.80. The normalized spacial score (nSPS) is 12.6. The van der Waals surface area contributed by atoms with Crippen LogP contribution in [0.3, 0.4) is 0 Å². The second-order valence-corrected chi connectivity index (χ2v) is 6.23. The molecule has 0 aliphatic heterocycles. The van der Waals surface area contributed by atoms with Crippen LogP contribution in [0.5, 0.6) is 0 Å². The molecule has 0 aliphatic carbocycles. The van der Waals surface area contributed by atoms with Crippen molar-refractivity contribution >= 4 is 33.8 Å². The zero-order chi connectivity index (χ0) is 15.2. The fourth-order valence-corrected chi connectivity index (χ4v) is 3.38. The first-order valence-electron chi connectivity index (χ1n) is 7.61. The van der Waals surface area contributed by atoms with E-state index < -0.39 is 6.10 Å². The zero-order valence-electron chi connectivity index (χ0n) is 13.5. The largest absolute Gasteiger partial charge is 0.386 e. The molecule has 3 nitrogen and oxygen atoms in total. The summed E-state index contributed by atoms with van der Waals surface area (Å²) < 4.78 is 6.91. The molecule has 0 spiro atoms. The van der Waals surface area contributed by atoms with Gasteiger partial charge in [-0.2, -0.15) is 0 Å². The lowest BCUT2D eigenvalue weighted by molar-refractivity contribution is 0.0272. The van der Waals surface area contributed by atoms with Crippen molar-refractivity contribution in [2.45, 2.75) is 26.9 Å². The minimum absolute atomic E-state index is 0. The molecule has 0 bridgehead atoms. The summed E-state index contributed by atoms with van der Waals surface area (Å²) in [5, 5.41) is 13.6. The summed E-state index contributed by atoms with van der Waals surface area (Å²) in [6.07, 6.45) is -0.550. The van der Waals surface area contributed by atoms with Crippen molar-refractivity contribution in [1.29, 1.82) is 0 Å². The van der Waals surface area contributed by atoms with E-state index >= 15 is 0 Å². The maximum absolute atomic E-state index is 10.3. The molecule has 0 amide bonds. The Bertz CT molecular complexity index is 569. The van der Waals surface area contributed by atoms with E-state index in [0.29, 0.717) is 13.2 Å². The monoisotopic (exact) mass is 343 g/mol. The first kappa shape index (κ1) is 19.4. The van der Waals surface area contributed by atoms with Crippen LogP contribution in [0.4, 0.5) is 0 Å². The fourth-order valence-electron chi connectivity index (χ4n) is 2.51. The molecule has 22 heavy (non-hydrogen) atoms. The van der Waals surface area contributed by atoms with Crippen molar-refractivity contribution in [3.8, 4) is 0 Å². The summed E-state index contributed by atoms with van der Waals surface area (Å²) in [6.45, 7) is 10.4. The molecule has 1 heterocycles. The molecular formula is C17H26ClNO2S. The average molecular weight is 344 g/mol. The number of fused-ring (bicyclic) bond motifs is 1. The van der Waals surface area contributed by atoms with Crippen molar-refractivity contribution in [1.82, 2.24) is 4.90 Å². The molecule has 2 aromatic rings. The molecular weight excluding hydrogens is 318 g/mol. The highest BCUT2D eigenvalue weighted by atomic mass is 35.5. The Morgan fingerprint density at radius 1 is 1.27 bits per heavy atom. The topological polar surface area (TPSA) is 32.7 Å². The standard InChI is InChI=1S/C17H25NO2S.ClH/c1-4-18(5-2)7-8-20-12-16(19)15-11-14-6-9-21-17(14)10-13(15)3;/h6,9-11,16,19H,4-5,7-8,12H2,1-3H3;1H. The summed E-state index contributed by atoms with van der Waals surface area (Å²) in [6, 6.07) is 6.32. The maximum Gasteiger partial charge on any atom is 0.103 e. The number of aliphatic hydroxyl groups excluding tert-OH is 1. The molecule has 1 aromatic carbocycles. The maximum atomic E-state index is 10.3. The Morgan fingerprint density at radius 2 is 2.00 bits per heavy atom. The van der Waals surface area contributed by atoms with Gasteiger partial charge in [-0.15, -0.1) is 23.7 Å². The van der Waals surface area contributed by atoms with Crippen LogP contribution in [0.1, 0.15) is 31.1 Å². The third-order valence-electron chi connectivity index (χ3n) is 3.92. The third kappa shape index (κ3) is 4.93. The van der Waals surface area contributed by atoms with Crippen LogP contribution in [0.25, 0.3) is 10.1 Å². The summed E-state index contributed by atoms with van der Waals surface area (Å²) in [7, 11) is 0. The van der Waals surface area contributed by atoms with E-state index in [9.17, 15) is 5.11 Å². The number of benzene rings is 1. The van der Waals surface area contributed by atoms with Gasteiger partial charge >= 0.3 is 0 Å². The Hall–Kier alpha value is -0.650. The van der Waals surface area contributed by atoms with E-state index in [2.05, 4.69) is 42.3 Å². The van der Waals surface area contributed by atoms with Gasteiger partial charge in [0.15, 0.2) is 0 Å². The molecule has 2 rings (SSSR count). The summed E-state index contributed by atoms with van der Waals surface area (Å²) in [4.78, 5) is 2.31. The van der Waals surface area contributed by atoms with E-state index in [1.54, 1.807) is 11.3 Å². The highest BCUT2D eigenvalue weighted by Crippen LogP contribution is 2.28. The van der Waals surface area contributed by atoms with Crippen LogP contribution in [-0.2, 0) is 4.74 Å². The Morgan fingerprint density at radius 3 is 2.68 bits per heavy atom. The van der Waals surface area contributed by atoms with Gasteiger partial charge in [0.25, 0.3) is 0 Å². The lowest BCUT2D eigenvalue weighted by atomic mass is 10.0. The van der Waals surface area contributed by atoms with Gasteiger partial charge in [-0.25, -0.2) is 0 Å². The molecule has 0 fully saturated rings. The Kier molecular flexibility index (Phi) is 8.36. The smallest absolute Gasteiger partial charge is 0.103 e. The van der Waals surface area contributed by atoms with E-state index in [1.165, 1.54) is 10.1 Å². The van der Waals surface area contributed by atoms with Crippen LogP contribution < -0.4 is 0 Å². The molecule has 1 unspecified atom stereocenters. The van der Waals surface area contributed by atoms with Gasteiger partial charge in [0, 0.05) is 11.2 Å². The average Bonchev–Trinajstić information content (AvgIpc) is 2.93. The van der Waals surface area contributed by atoms with Crippen LogP contribution in [0, 0.1) is 6.92 Å². The number of hydrogen-bond donors (Lipinski definition) is 1. The number of likely N-dealkylation sites (N-methyl/N-ethyl adjacent to an activating group) is 1. The first-order valence-corrected chi connectivity index (χ1v) is 8.49. The fraction of sp³-hybridized carbons (Fsp3) is 0.529.